The number of aliphatic carboxylic acids is 2. The molecule has 25 nitrogen and oxygen atoms in total. The molecule has 0 fully saturated rings. The van der Waals surface area contributed by atoms with Gasteiger partial charge in [0.15, 0.2) is 0 Å². The molecule has 8 atom stereocenters. The van der Waals surface area contributed by atoms with Gasteiger partial charge in [-0.25, -0.2) is 4.79 Å². The summed E-state index contributed by atoms with van der Waals surface area (Å²) in [4.78, 5) is 143. The largest absolute Gasteiger partial charge is 0.508 e. The molecule has 1 rings (SSSR count). The van der Waals surface area contributed by atoms with E-state index in [0.29, 0.717) is 5.56 Å². The second-order valence-corrected chi connectivity index (χ2v) is 19.6. The van der Waals surface area contributed by atoms with Crippen LogP contribution in [0.1, 0.15) is 93.1 Å². The summed E-state index contributed by atoms with van der Waals surface area (Å²) >= 11 is 4.00. The number of carboxylic acid groups (broad SMARTS) is 2. The Bertz CT molecular complexity index is 2060. The molecule has 0 aliphatic rings. The summed E-state index contributed by atoms with van der Waals surface area (Å²) in [5, 5.41) is 60.9. The molecule has 0 radical (unpaired) electrons. The van der Waals surface area contributed by atoms with Gasteiger partial charge in [0.05, 0.1) is 32.2 Å². The molecule has 0 saturated carbocycles. The van der Waals surface area contributed by atoms with Gasteiger partial charge in [0.25, 0.3) is 0 Å². The molecule has 15 N–H and O–H groups in total. The molecule has 1 aromatic carbocycles. The van der Waals surface area contributed by atoms with Gasteiger partial charge in [0.2, 0.25) is 53.2 Å². The third kappa shape index (κ3) is 25.6. The van der Waals surface area contributed by atoms with E-state index < -0.39 is 140 Å². The first-order valence-corrected chi connectivity index (χ1v) is 24.6. The van der Waals surface area contributed by atoms with Crippen LogP contribution in [0.25, 0.3) is 0 Å². The quantitative estimate of drug-likeness (QED) is 0.0325. The standard InChI is InChI=1S/C47H76N10O15S/c1-23(2)13-30(53-40(64)29(48)22-73)41(65)49-19-37(60)52-32(15-25(5)6)44(68)57-36(21-58)46(70)54-33(17-27-9-11-28(59)12-10-27)45(69)55-34(18-39(62)63)42(66)50-20-38(61)51-31(14-24(3)4)43(67)56-35(47(71)72)16-26(7)8/h9-12,23-26,29-36,58-59,73H,13-22,48H2,1-8H3,(H,49,65)(H,50,66)(H,51,61)(H,52,60)(H,53,64)(H,54,70)(H,55,69)(H,56,67)(H,57,68)(H,62,63)(H,71,72)/t29-,30-,31-,32-,33-,34-,35-,36-/m0/s1. The zero-order valence-electron chi connectivity index (χ0n) is 42.6. The Morgan fingerprint density at radius 3 is 1.26 bits per heavy atom. The number of carboxylic acids is 2. The van der Waals surface area contributed by atoms with Gasteiger partial charge in [-0.3, -0.25) is 47.9 Å². The Labute approximate surface area is 430 Å². The van der Waals surface area contributed by atoms with Crippen molar-refractivity contribution in [3.63, 3.8) is 0 Å². The lowest BCUT2D eigenvalue weighted by atomic mass is 10.0. The van der Waals surface area contributed by atoms with E-state index in [9.17, 15) is 73.2 Å². The van der Waals surface area contributed by atoms with Crippen molar-refractivity contribution in [1.82, 2.24) is 47.9 Å². The SMILES string of the molecule is CC(C)C[C@H](NC(=O)[C@H](CC(C)C)NC(=O)CNC(=O)[C@H](CC(=O)O)NC(=O)[C@H](Cc1ccc(O)cc1)NC(=O)[C@H](CO)NC(=O)[C@H](CC(C)C)NC(=O)CNC(=O)[C@H](CC(C)C)NC(=O)[C@@H](N)CS)C(=O)O. The van der Waals surface area contributed by atoms with Crippen molar-refractivity contribution in [1.29, 1.82) is 0 Å². The molecule has 73 heavy (non-hydrogen) atoms. The van der Waals surface area contributed by atoms with Crippen molar-refractivity contribution in [3.05, 3.63) is 29.8 Å². The maximum atomic E-state index is 13.9. The molecule has 0 unspecified atom stereocenters. The van der Waals surface area contributed by atoms with Crippen LogP contribution in [0.15, 0.2) is 24.3 Å². The van der Waals surface area contributed by atoms with Gasteiger partial charge in [0, 0.05) is 12.2 Å². The zero-order valence-corrected chi connectivity index (χ0v) is 43.5. The van der Waals surface area contributed by atoms with Crippen LogP contribution in [-0.2, 0) is 59.2 Å². The fourth-order valence-electron chi connectivity index (χ4n) is 6.98. The average molecular weight is 1050 g/mol. The van der Waals surface area contributed by atoms with Gasteiger partial charge in [-0.2, -0.15) is 12.6 Å². The van der Waals surface area contributed by atoms with Crippen molar-refractivity contribution < 1.29 is 73.2 Å². The third-order valence-electron chi connectivity index (χ3n) is 10.6. The van der Waals surface area contributed by atoms with Gasteiger partial charge in [-0.1, -0.05) is 67.5 Å². The second kappa shape index (κ2) is 32.5. The number of aliphatic hydroxyl groups is 1. The number of hydrogen-bond acceptors (Lipinski definition) is 15. The molecule has 0 heterocycles. The number of aromatic hydroxyl groups is 1. The summed E-state index contributed by atoms with van der Waals surface area (Å²) in [5.74, 6) is -11.7. The number of aliphatic hydroxyl groups excluding tert-OH is 1. The summed E-state index contributed by atoms with van der Waals surface area (Å²) in [6, 6.07) is -5.75. The van der Waals surface area contributed by atoms with E-state index in [1.54, 1.807) is 41.5 Å². The molecule has 0 aliphatic carbocycles. The molecular weight excluding hydrogens is 977 g/mol. The molecule has 26 heteroatoms. The topological polar surface area (TPSA) is 403 Å². The Morgan fingerprint density at radius 2 is 0.849 bits per heavy atom. The van der Waals surface area contributed by atoms with Crippen molar-refractivity contribution in [2.24, 2.45) is 29.4 Å². The highest BCUT2D eigenvalue weighted by atomic mass is 32.1. The van der Waals surface area contributed by atoms with E-state index in [4.69, 9.17) is 5.73 Å². The Balaban J connectivity index is 3.28. The highest BCUT2D eigenvalue weighted by Gasteiger charge is 2.34. The first kappa shape index (κ1) is 64.5. The minimum Gasteiger partial charge on any atom is -0.508 e. The van der Waals surface area contributed by atoms with E-state index >= 15 is 0 Å². The van der Waals surface area contributed by atoms with E-state index in [0.717, 1.165) is 0 Å². The van der Waals surface area contributed by atoms with Crippen LogP contribution in [0.3, 0.4) is 0 Å². The molecule has 0 bridgehead atoms. The van der Waals surface area contributed by atoms with Gasteiger partial charge >= 0.3 is 11.9 Å². The Kier molecular flexibility index (Phi) is 28.7. The third-order valence-corrected chi connectivity index (χ3v) is 11.0. The predicted molar refractivity (Wildman–Crippen MR) is 268 cm³/mol. The van der Waals surface area contributed by atoms with E-state index in [1.165, 1.54) is 24.3 Å². The number of thiol groups is 1. The number of amides is 9. The number of benzene rings is 1. The monoisotopic (exact) mass is 1050 g/mol. The van der Waals surface area contributed by atoms with Crippen LogP contribution >= 0.6 is 12.6 Å². The number of carbonyl (C=O) groups is 11. The number of phenols is 1. The van der Waals surface area contributed by atoms with Crippen LogP contribution in [-0.4, -0.2) is 159 Å². The molecule has 0 aromatic heterocycles. The first-order chi connectivity index (χ1) is 34.1. The van der Waals surface area contributed by atoms with Gasteiger partial charge in [-0.05, 0) is 67.1 Å². The lowest BCUT2D eigenvalue weighted by Gasteiger charge is -2.26. The summed E-state index contributed by atoms with van der Waals surface area (Å²) in [6.07, 6.45) is -0.961. The maximum Gasteiger partial charge on any atom is 0.326 e. The Hall–Kier alpha value is -6.54. The second-order valence-electron chi connectivity index (χ2n) is 19.3. The number of hydrogen-bond donors (Lipinski definition) is 15. The lowest BCUT2D eigenvalue weighted by Crippen LogP contribution is -2.60. The molecular formula is C47H76N10O15S. The van der Waals surface area contributed by atoms with E-state index in [-0.39, 0.29) is 67.3 Å². The van der Waals surface area contributed by atoms with Gasteiger partial charge in [-0.15, -0.1) is 0 Å². The summed E-state index contributed by atoms with van der Waals surface area (Å²) in [7, 11) is 0. The number of carbonyl (C=O) groups excluding carboxylic acids is 9. The molecule has 9 amide bonds. The summed E-state index contributed by atoms with van der Waals surface area (Å²) in [5.41, 5.74) is 6.07. The van der Waals surface area contributed by atoms with Gasteiger partial charge in [0.1, 0.15) is 48.0 Å². The average Bonchev–Trinajstić information content (AvgIpc) is 3.29. The van der Waals surface area contributed by atoms with Crippen LogP contribution < -0.4 is 53.6 Å². The number of nitrogens with two attached hydrogens (primary N) is 1. The van der Waals surface area contributed by atoms with Crippen LogP contribution in [0.5, 0.6) is 5.75 Å². The maximum absolute atomic E-state index is 13.9. The molecule has 0 aliphatic heterocycles. The summed E-state index contributed by atoms with van der Waals surface area (Å²) in [6.45, 7) is 11.7. The van der Waals surface area contributed by atoms with E-state index in [2.05, 4.69) is 60.5 Å². The smallest absolute Gasteiger partial charge is 0.326 e. The molecule has 410 valence electrons. The minimum atomic E-state index is -1.87. The van der Waals surface area contributed by atoms with Crippen molar-refractivity contribution >= 4 is 77.7 Å². The highest BCUT2D eigenvalue weighted by Crippen LogP contribution is 2.14. The van der Waals surface area contributed by atoms with Crippen molar-refractivity contribution in [2.45, 2.75) is 142 Å². The number of nitrogens with one attached hydrogen (secondary N) is 9. The van der Waals surface area contributed by atoms with Crippen molar-refractivity contribution in [2.75, 3.05) is 25.4 Å². The molecule has 0 spiro atoms. The lowest BCUT2D eigenvalue weighted by molar-refractivity contribution is -0.142. The first-order valence-electron chi connectivity index (χ1n) is 23.9. The number of phenolic OH excluding ortho intramolecular Hbond substituents is 1. The molecule has 0 saturated heterocycles. The minimum absolute atomic E-state index is 0.0129. The Morgan fingerprint density at radius 1 is 0.493 bits per heavy atom. The molecule has 1 aromatic rings. The van der Waals surface area contributed by atoms with Crippen molar-refractivity contribution in [3.8, 4) is 5.75 Å². The highest BCUT2D eigenvalue weighted by molar-refractivity contribution is 7.80. The predicted octanol–water partition coefficient (Wildman–Crippen LogP) is -2.45. The fraction of sp³-hybridized carbons (Fsp3) is 0.638. The summed E-state index contributed by atoms with van der Waals surface area (Å²) < 4.78 is 0. The van der Waals surface area contributed by atoms with Crippen LogP contribution in [0, 0.1) is 23.7 Å². The fourth-order valence-corrected chi connectivity index (χ4v) is 7.15. The number of rotatable bonds is 33. The van der Waals surface area contributed by atoms with E-state index in [1.807, 2.05) is 13.8 Å². The van der Waals surface area contributed by atoms with Crippen LogP contribution in [0.2, 0.25) is 0 Å². The normalized spacial score (nSPS) is 14.5. The van der Waals surface area contributed by atoms with Crippen LogP contribution in [0.4, 0.5) is 0 Å². The van der Waals surface area contributed by atoms with Gasteiger partial charge < -0.3 is 74.0 Å². The zero-order chi connectivity index (χ0) is 55.7.